The Morgan fingerprint density at radius 3 is 2.81 bits per heavy atom. The van der Waals surface area contributed by atoms with Crippen LogP contribution in [0.5, 0.6) is 0 Å². The number of imide groups is 1. The number of carbonyl (C=O) groups is 3. The number of carbonyl (C=O) groups excluding carboxylic acids is 3. The summed E-state index contributed by atoms with van der Waals surface area (Å²) in [5.41, 5.74) is 0.999. The van der Waals surface area contributed by atoms with Crippen molar-refractivity contribution < 1.29 is 18.8 Å². The summed E-state index contributed by atoms with van der Waals surface area (Å²) in [4.78, 5) is 41.5. The molecule has 2 aromatic rings. The number of halogens is 1. The molecule has 0 spiro atoms. The van der Waals surface area contributed by atoms with Crippen LogP contribution in [0.2, 0.25) is 0 Å². The van der Waals surface area contributed by atoms with Crippen molar-refractivity contribution in [1.82, 2.24) is 19.8 Å². The zero-order valence-corrected chi connectivity index (χ0v) is 15.3. The Morgan fingerprint density at radius 1 is 1.33 bits per heavy atom. The summed E-state index contributed by atoms with van der Waals surface area (Å²) < 4.78 is 15.5. The van der Waals surface area contributed by atoms with E-state index < -0.39 is 17.0 Å². The lowest BCUT2D eigenvalue weighted by Crippen LogP contribution is -2.37. The first-order chi connectivity index (χ1) is 13.0. The Kier molecular flexibility index (Phi) is 5.70. The third kappa shape index (κ3) is 4.43. The van der Waals surface area contributed by atoms with E-state index >= 15 is 0 Å². The van der Waals surface area contributed by atoms with Gasteiger partial charge in [0.1, 0.15) is 5.82 Å². The van der Waals surface area contributed by atoms with Crippen molar-refractivity contribution in [3.05, 3.63) is 58.8 Å². The van der Waals surface area contributed by atoms with E-state index in [1.807, 2.05) is 0 Å². The number of aryl methyl sites for hydroxylation is 1. The third-order valence-electron chi connectivity index (χ3n) is 3.98. The highest BCUT2D eigenvalue weighted by atomic mass is 32.2. The van der Waals surface area contributed by atoms with Crippen molar-refractivity contribution >= 4 is 34.9 Å². The van der Waals surface area contributed by atoms with Crippen LogP contribution in [-0.2, 0) is 23.1 Å². The van der Waals surface area contributed by atoms with Gasteiger partial charge in [-0.2, -0.15) is 0 Å². The smallest absolute Gasteiger partial charge is 0.293 e. The van der Waals surface area contributed by atoms with Crippen LogP contribution in [0.4, 0.5) is 9.18 Å². The van der Waals surface area contributed by atoms with E-state index in [1.54, 1.807) is 36.3 Å². The molecule has 7 nitrogen and oxygen atoms in total. The van der Waals surface area contributed by atoms with Crippen molar-refractivity contribution in [3.8, 4) is 0 Å². The highest BCUT2D eigenvalue weighted by Gasteiger charge is 2.34. The molecule has 0 saturated carbocycles. The zero-order chi connectivity index (χ0) is 19.4. The Balaban J connectivity index is 1.56. The van der Waals surface area contributed by atoms with Crippen LogP contribution in [0.15, 0.2) is 41.7 Å². The molecule has 1 aromatic heterocycles. The van der Waals surface area contributed by atoms with Gasteiger partial charge in [-0.05, 0) is 23.9 Å². The van der Waals surface area contributed by atoms with Crippen LogP contribution in [0.1, 0.15) is 11.3 Å². The van der Waals surface area contributed by atoms with E-state index in [2.05, 4.69) is 10.3 Å². The molecule has 1 saturated heterocycles. The van der Waals surface area contributed by atoms with Gasteiger partial charge in [-0.3, -0.25) is 19.3 Å². The number of rotatable bonds is 6. The van der Waals surface area contributed by atoms with Gasteiger partial charge < -0.3 is 9.88 Å². The van der Waals surface area contributed by atoms with E-state index in [9.17, 15) is 18.8 Å². The maximum Gasteiger partial charge on any atom is 0.293 e. The predicted molar refractivity (Wildman–Crippen MR) is 99.0 cm³/mol. The molecule has 1 aliphatic rings. The fourth-order valence-corrected chi connectivity index (χ4v) is 3.37. The number of imidazole rings is 1. The highest BCUT2D eigenvalue weighted by molar-refractivity contribution is 8.18. The average molecular weight is 388 g/mol. The highest BCUT2D eigenvalue weighted by Crippen LogP contribution is 2.32. The van der Waals surface area contributed by atoms with Gasteiger partial charge in [0.15, 0.2) is 0 Å². The molecule has 0 unspecified atom stereocenters. The van der Waals surface area contributed by atoms with Crippen molar-refractivity contribution in [1.29, 1.82) is 0 Å². The summed E-state index contributed by atoms with van der Waals surface area (Å²) in [7, 11) is 1.79. The molecule has 1 N–H and O–H groups in total. The molecule has 9 heteroatoms. The van der Waals surface area contributed by atoms with E-state index in [4.69, 9.17) is 0 Å². The molecule has 0 atom stereocenters. The fraction of sp³-hybridized carbons (Fsp3) is 0.222. The lowest BCUT2D eigenvalue weighted by Gasteiger charge is -2.13. The summed E-state index contributed by atoms with van der Waals surface area (Å²) >= 11 is 0.757. The van der Waals surface area contributed by atoms with Crippen LogP contribution in [0.3, 0.4) is 0 Å². The third-order valence-corrected chi connectivity index (χ3v) is 4.89. The Bertz CT molecular complexity index is 925. The van der Waals surface area contributed by atoms with Gasteiger partial charge in [0, 0.05) is 37.6 Å². The minimum atomic E-state index is -0.492. The quantitative estimate of drug-likeness (QED) is 0.765. The van der Waals surface area contributed by atoms with Crippen LogP contribution in [0.25, 0.3) is 6.08 Å². The van der Waals surface area contributed by atoms with Crippen LogP contribution in [-0.4, -0.2) is 44.6 Å². The summed E-state index contributed by atoms with van der Waals surface area (Å²) in [5.74, 6) is -1.19. The van der Waals surface area contributed by atoms with E-state index in [1.165, 1.54) is 18.2 Å². The van der Waals surface area contributed by atoms with Gasteiger partial charge in [0.05, 0.1) is 17.7 Å². The molecule has 0 aliphatic carbocycles. The standard InChI is InChI=1S/C18H17FN4O3S/c1-22-11-20-10-13(22)9-16(24)21-6-7-23-17(25)15(27-18(23)26)8-12-4-2-3-5-14(12)19/h2-5,8,10-11H,6-7,9H2,1H3,(H,21,24). The van der Waals surface area contributed by atoms with E-state index in [-0.39, 0.29) is 35.9 Å². The molecule has 0 radical (unpaired) electrons. The number of aromatic nitrogens is 2. The SMILES string of the molecule is Cn1cncc1CC(=O)NCCN1C(=O)SC(=Cc2ccccc2F)C1=O. The first-order valence-corrected chi connectivity index (χ1v) is 8.99. The number of benzene rings is 1. The van der Waals surface area contributed by atoms with Crippen LogP contribution in [0, 0.1) is 5.82 Å². The molecule has 3 rings (SSSR count). The maximum absolute atomic E-state index is 13.7. The lowest BCUT2D eigenvalue weighted by atomic mass is 10.2. The summed E-state index contributed by atoms with van der Waals surface area (Å²) in [6, 6.07) is 6.01. The fourth-order valence-electron chi connectivity index (χ4n) is 2.52. The number of amides is 3. The second kappa shape index (κ2) is 8.17. The number of nitrogens with zero attached hydrogens (tertiary/aromatic N) is 3. The average Bonchev–Trinajstić information content (AvgIpc) is 3.14. The Hall–Kier alpha value is -2.94. The first kappa shape index (κ1) is 18.8. The molecule has 1 fully saturated rings. The minimum Gasteiger partial charge on any atom is -0.354 e. The minimum absolute atomic E-state index is 0.0520. The number of hydrogen-bond donors (Lipinski definition) is 1. The second-order valence-corrected chi connectivity index (χ2v) is 6.87. The molecule has 1 aromatic carbocycles. The monoisotopic (exact) mass is 388 g/mol. The molecule has 27 heavy (non-hydrogen) atoms. The zero-order valence-electron chi connectivity index (χ0n) is 14.5. The van der Waals surface area contributed by atoms with Crippen LogP contribution >= 0.6 is 11.8 Å². The second-order valence-electron chi connectivity index (χ2n) is 5.88. The topological polar surface area (TPSA) is 84.3 Å². The molecular weight excluding hydrogens is 371 g/mol. The van der Waals surface area contributed by atoms with Gasteiger partial charge >= 0.3 is 0 Å². The van der Waals surface area contributed by atoms with Crippen molar-refractivity contribution in [2.45, 2.75) is 6.42 Å². The van der Waals surface area contributed by atoms with Crippen molar-refractivity contribution in [2.24, 2.45) is 7.05 Å². The summed E-state index contributed by atoms with van der Waals surface area (Å²) in [5, 5.41) is 2.23. The Morgan fingerprint density at radius 2 is 2.11 bits per heavy atom. The van der Waals surface area contributed by atoms with E-state index in [0.717, 1.165) is 22.4 Å². The molecule has 0 bridgehead atoms. The lowest BCUT2D eigenvalue weighted by molar-refractivity contribution is -0.124. The number of nitrogens with one attached hydrogen (secondary N) is 1. The van der Waals surface area contributed by atoms with E-state index in [0.29, 0.717) is 0 Å². The normalized spacial score (nSPS) is 15.6. The first-order valence-electron chi connectivity index (χ1n) is 8.17. The Labute approximate surface area is 159 Å². The van der Waals surface area contributed by atoms with Crippen LogP contribution < -0.4 is 5.32 Å². The molecule has 3 amide bonds. The van der Waals surface area contributed by atoms with Crippen molar-refractivity contribution in [3.63, 3.8) is 0 Å². The summed E-state index contributed by atoms with van der Waals surface area (Å²) in [6.45, 7) is 0.193. The van der Waals surface area contributed by atoms with Gasteiger partial charge in [0.25, 0.3) is 11.1 Å². The van der Waals surface area contributed by atoms with Crippen molar-refractivity contribution in [2.75, 3.05) is 13.1 Å². The number of hydrogen-bond acceptors (Lipinski definition) is 5. The summed E-state index contributed by atoms with van der Waals surface area (Å²) in [6.07, 6.45) is 4.72. The molecule has 1 aliphatic heterocycles. The maximum atomic E-state index is 13.7. The molecular formula is C18H17FN4O3S. The predicted octanol–water partition coefficient (Wildman–Crippen LogP) is 1.95. The van der Waals surface area contributed by atoms with Gasteiger partial charge in [-0.1, -0.05) is 18.2 Å². The van der Waals surface area contributed by atoms with Gasteiger partial charge in [-0.25, -0.2) is 9.37 Å². The number of thioether (sulfide) groups is 1. The van der Waals surface area contributed by atoms with Gasteiger partial charge in [0.2, 0.25) is 5.91 Å². The van der Waals surface area contributed by atoms with Gasteiger partial charge in [-0.15, -0.1) is 0 Å². The molecule has 140 valence electrons. The molecule has 2 heterocycles. The largest absolute Gasteiger partial charge is 0.354 e.